The first-order chi connectivity index (χ1) is 9.08. The van der Waals surface area contributed by atoms with E-state index in [4.69, 9.17) is 23.2 Å². The molecule has 0 unspecified atom stereocenters. The van der Waals surface area contributed by atoms with Crippen molar-refractivity contribution in [1.29, 1.82) is 0 Å². The van der Waals surface area contributed by atoms with Crippen LogP contribution >= 0.6 is 23.2 Å². The maximum absolute atomic E-state index is 11.2. The largest absolute Gasteiger partial charge is 0.481 e. The van der Waals surface area contributed by atoms with Crippen LogP contribution in [-0.2, 0) is 11.3 Å². The van der Waals surface area contributed by atoms with E-state index in [1.165, 1.54) is 0 Å². The number of rotatable bonds is 4. The molecule has 1 aromatic rings. The van der Waals surface area contributed by atoms with Crippen molar-refractivity contribution in [2.24, 2.45) is 5.92 Å². The van der Waals surface area contributed by atoms with Crippen LogP contribution in [0.25, 0.3) is 0 Å². The normalized spacial score (nSPS) is 23.3. The molecule has 0 bridgehead atoms. The highest BCUT2D eigenvalue weighted by atomic mass is 35.5. The van der Waals surface area contributed by atoms with Gasteiger partial charge in [0, 0.05) is 12.6 Å². The van der Waals surface area contributed by atoms with Gasteiger partial charge in [0.25, 0.3) is 0 Å². The van der Waals surface area contributed by atoms with Gasteiger partial charge in [0.1, 0.15) is 0 Å². The predicted molar refractivity (Wildman–Crippen MR) is 76.7 cm³/mol. The van der Waals surface area contributed by atoms with E-state index in [1.807, 2.05) is 12.1 Å². The molecular formula is C14H17Cl2NO2. The minimum Gasteiger partial charge on any atom is -0.481 e. The summed E-state index contributed by atoms with van der Waals surface area (Å²) in [6.45, 7) is 0.616. The van der Waals surface area contributed by atoms with Crippen LogP contribution in [0.1, 0.15) is 31.2 Å². The molecule has 0 spiro atoms. The lowest BCUT2D eigenvalue weighted by atomic mass is 9.84. The summed E-state index contributed by atoms with van der Waals surface area (Å²) in [5, 5.41) is 13.6. The minimum absolute atomic E-state index is 0.0423. The molecule has 19 heavy (non-hydrogen) atoms. The van der Waals surface area contributed by atoms with E-state index in [9.17, 15) is 9.90 Å². The van der Waals surface area contributed by atoms with Crippen molar-refractivity contribution in [1.82, 2.24) is 5.32 Å². The minimum atomic E-state index is -0.702. The van der Waals surface area contributed by atoms with Crippen LogP contribution in [0.3, 0.4) is 0 Å². The van der Waals surface area contributed by atoms with Crippen molar-refractivity contribution in [3.63, 3.8) is 0 Å². The van der Waals surface area contributed by atoms with Crippen LogP contribution in [0.2, 0.25) is 10.0 Å². The molecule has 0 radical (unpaired) electrons. The van der Waals surface area contributed by atoms with Crippen molar-refractivity contribution < 1.29 is 9.90 Å². The maximum Gasteiger partial charge on any atom is 0.308 e. The second-order valence-electron chi connectivity index (χ2n) is 4.97. The summed E-state index contributed by atoms with van der Waals surface area (Å²) in [4.78, 5) is 11.2. The van der Waals surface area contributed by atoms with Crippen molar-refractivity contribution in [2.45, 2.75) is 38.3 Å². The second kappa shape index (κ2) is 6.60. The highest BCUT2D eigenvalue weighted by Crippen LogP contribution is 2.26. The first-order valence-electron chi connectivity index (χ1n) is 6.48. The average Bonchev–Trinajstić information content (AvgIpc) is 2.40. The predicted octanol–water partition coefficient (Wildman–Crippen LogP) is 3.73. The van der Waals surface area contributed by atoms with E-state index in [0.29, 0.717) is 16.6 Å². The molecule has 1 aliphatic carbocycles. The SMILES string of the molecule is O=C(O)[C@H]1CCCC[C@H]1NCc1ccc(Cl)c(Cl)c1. The third kappa shape index (κ3) is 3.85. The Morgan fingerprint density at radius 3 is 2.68 bits per heavy atom. The van der Waals surface area contributed by atoms with Crippen molar-refractivity contribution in [3.05, 3.63) is 33.8 Å². The van der Waals surface area contributed by atoms with Gasteiger partial charge in [0.15, 0.2) is 0 Å². The first-order valence-corrected chi connectivity index (χ1v) is 7.23. The van der Waals surface area contributed by atoms with Crippen molar-refractivity contribution in [2.75, 3.05) is 0 Å². The number of halogens is 2. The molecule has 2 N–H and O–H groups in total. The fourth-order valence-electron chi connectivity index (χ4n) is 2.57. The molecule has 2 atom stereocenters. The van der Waals surface area contributed by atoms with Gasteiger partial charge in [-0.05, 0) is 30.5 Å². The Labute approximate surface area is 122 Å². The van der Waals surface area contributed by atoms with Gasteiger partial charge < -0.3 is 10.4 Å². The van der Waals surface area contributed by atoms with Gasteiger partial charge >= 0.3 is 5.97 Å². The third-order valence-corrected chi connectivity index (χ3v) is 4.37. The monoisotopic (exact) mass is 301 g/mol. The van der Waals surface area contributed by atoms with Crippen LogP contribution in [-0.4, -0.2) is 17.1 Å². The van der Waals surface area contributed by atoms with E-state index >= 15 is 0 Å². The Morgan fingerprint density at radius 1 is 1.26 bits per heavy atom. The lowest BCUT2D eigenvalue weighted by Crippen LogP contribution is -2.41. The summed E-state index contributed by atoms with van der Waals surface area (Å²) in [5.74, 6) is -0.983. The molecular weight excluding hydrogens is 285 g/mol. The first kappa shape index (κ1) is 14.6. The Kier molecular flexibility index (Phi) is 5.08. The maximum atomic E-state index is 11.2. The number of hydrogen-bond acceptors (Lipinski definition) is 2. The molecule has 5 heteroatoms. The van der Waals surface area contributed by atoms with E-state index in [2.05, 4.69) is 5.32 Å². The van der Waals surface area contributed by atoms with Gasteiger partial charge in [0.05, 0.1) is 16.0 Å². The molecule has 0 amide bonds. The van der Waals surface area contributed by atoms with Crippen LogP contribution in [0.5, 0.6) is 0 Å². The molecule has 1 aromatic carbocycles. The van der Waals surface area contributed by atoms with E-state index in [1.54, 1.807) is 6.07 Å². The summed E-state index contributed by atoms with van der Waals surface area (Å²) >= 11 is 11.8. The molecule has 1 fully saturated rings. The Balaban J connectivity index is 1.96. The fraction of sp³-hybridized carbons (Fsp3) is 0.500. The molecule has 0 saturated heterocycles. The van der Waals surface area contributed by atoms with E-state index in [0.717, 1.165) is 31.2 Å². The molecule has 1 saturated carbocycles. The number of carbonyl (C=O) groups is 1. The standard InChI is InChI=1S/C14H17Cl2NO2/c15-11-6-5-9(7-12(11)16)8-17-13-4-2-1-3-10(13)14(18)19/h5-7,10,13,17H,1-4,8H2,(H,18,19)/t10-,13+/m0/s1. The molecule has 104 valence electrons. The number of hydrogen-bond donors (Lipinski definition) is 2. The van der Waals surface area contributed by atoms with Gasteiger partial charge in [0.2, 0.25) is 0 Å². The number of carboxylic acid groups (broad SMARTS) is 1. The topological polar surface area (TPSA) is 49.3 Å². The summed E-state index contributed by atoms with van der Waals surface area (Å²) in [7, 11) is 0. The zero-order chi connectivity index (χ0) is 13.8. The van der Waals surface area contributed by atoms with Crippen LogP contribution in [0, 0.1) is 5.92 Å². The van der Waals surface area contributed by atoms with Crippen LogP contribution in [0.15, 0.2) is 18.2 Å². The Bertz CT molecular complexity index is 465. The number of aliphatic carboxylic acids is 1. The lowest BCUT2D eigenvalue weighted by molar-refractivity contribution is -0.143. The summed E-state index contributed by atoms with van der Waals surface area (Å²) in [6, 6.07) is 5.52. The number of nitrogens with one attached hydrogen (secondary N) is 1. The quantitative estimate of drug-likeness (QED) is 0.891. The Morgan fingerprint density at radius 2 is 2.00 bits per heavy atom. The molecule has 0 aromatic heterocycles. The molecule has 1 aliphatic rings. The smallest absolute Gasteiger partial charge is 0.308 e. The van der Waals surface area contributed by atoms with E-state index < -0.39 is 5.97 Å². The number of benzene rings is 1. The van der Waals surface area contributed by atoms with Crippen LogP contribution < -0.4 is 5.32 Å². The van der Waals surface area contributed by atoms with Crippen molar-refractivity contribution in [3.8, 4) is 0 Å². The van der Waals surface area contributed by atoms with Gasteiger partial charge in [-0.2, -0.15) is 0 Å². The summed E-state index contributed by atoms with van der Waals surface area (Å²) in [5.41, 5.74) is 1.02. The van der Waals surface area contributed by atoms with Gasteiger partial charge in [-0.25, -0.2) is 0 Å². The Hall–Kier alpha value is -0.770. The van der Waals surface area contributed by atoms with Gasteiger partial charge in [-0.15, -0.1) is 0 Å². The summed E-state index contributed by atoms with van der Waals surface area (Å²) in [6.07, 6.45) is 3.76. The fourth-order valence-corrected chi connectivity index (χ4v) is 2.89. The van der Waals surface area contributed by atoms with Crippen LogP contribution in [0.4, 0.5) is 0 Å². The van der Waals surface area contributed by atoms with Crippen molar-refractivity contribution >= 4 is 29.2 Å². The van der Waals surface area contributed by atoms with Gasteiger partial charge in [-0.3, -0.25) is 4.79 Å². The summed E-state index contributed by atoms with van der Waals surface area (Å²) < 4.78 is 0. The molecule has 2 rings (SSSR count). The van der Waals surface area contributed by atoms with Gasteiger partial charge in [-0.1, -0.05) is 42.1 Å². The lowest BCUT2D eigenvalue weighted by Gasteiger charge is -2.29. The molecule has 0 heterocycles. The second-order valence-corrected chi connectivity index (χ2v) is 5.78. The highest BCUT2D eigenvalue weighted by molar-refractivity contribution is 6.42. The number of carboxylic acids is 1. The zero-order valence-electron chi connectivity index (χ0n) is 10.5. The average molecular weight is 302 g/mol. The highest BCUT2D eigenvalue weighted by Gasteiger charge is 2.30. The molecule has 3 nitrogen and oxygen atoms in total. The van der Waals surface area contributed by atoms with E-state index in [-0.39, 0.29) is 12.0 Å². The third-order valence-electron chi connectivity index (χ3n) is 3.64. The zero-order valence-corrected chi connectivity index (χ0v) is 12.0. The molecule has 0 aliphatic heterocycles.